The second-order valence-electron chi connectivity index (χ2n) is 5.67. The van der Waals surface area contributed by atoms with Crippen molar-refractivity contribution in [2.24, 2.45) is 5.73 Å². The Labute approximate surface area is 119 Å². The fourth-order valence-corrected chi connectivity index (χ4v) is 2.44. The highest BCUT2D eigenvalue weighted by atomic mass is 16.5. The summed E-state index contributed by atoms with van der Waals surface area (Å²) in [4.78, 5) is 10.5. The first-order valence-electron chi connectivity index (χ1n) is 7.16. The number of rotatable bonds is 8. The zero-order valence-corrected chi connectivity index (χ0v) is 12.0. The Morgan fingerprint density at radius 2 is 2.05 bits per heavy atom. The van der Waals surface area contributed by atoms with Gasteiger partial charge in [-0.3, -0.25) is 4.79 Å². The molecule has 4 heteroatoms. The zero-order chi connectivity index (χ0) is 14.6. The number of ether oxygens (including phenoxy) is 1. The van der Waals surface area contributed by atoms with Gasteiger partial charge in [0, 0.05) is 19.6 Å². The lowest BCUT2D eigenvalue weighted by Gasteiger charge is -2.14. The van der Waals surface area contributed by atoms with E-state index < -0.39 is 5.97 Å². The minimum absolute atomic E-state index is 0.110. The average molecular weight is 277 g/mol. The van der Waals surface area contributed by atoms with Crippen molar-refractivity contribution in [3.63, 3.8) is 0 Å². The molecule has 1 saturated carbocycles. The van der Waals surface area contributed by atoms with Crippen LogP contribution in [0.5, 0.6) is 0 Å². The summed E-state index contributed by atoms with van der Waals surface area (Å²) in [7, 11) is 1.79. The van der Waals surface area contributed by atoms with E-state index >= 15 is 0 Å². The average Bonchev–Trinajstić information content (AvgIpc) is 3.24. The quantitative estimate of drug-likeness (QED) is 0.766. The van der Waals surface area contributed by atoms with Crippen LogP contribution in [0.4, 0.5) is 0 Å². The molecule has 0 radical (unpaired) electrons. The van der Waals surface area contributed by atoms with E-state index in [0.717, 1.165) is 18.4 Å². The van der Waals surface area contributed by atoms with Gasteiger partial charge in [-0.25, -0.2) is 0 Å². The van der Waals surface area contributed by atoms with Crippen molar-refractivity contribution in [1.82, 2.24) is 0 Å². The normalized spacial score (nSPS) is 17.7. The highest BCUT2D eigenvalue weighted by molar-refractivity contribution is 5.66. The molecule has 0 aliphatic heterocycles. The van der Waals surface area contributed by atoms with Crippen molar-refractivity contribution in [1.29, 1.82) is 0 Å². The standard InChI is InChI=1S/C16H23NO3/c1-20-16(10-11-16)9-8-12-2-4-13(5-3-12)14(17)6-7-15(18)19/h2-5,14H,6-11,17H2,1H3,(H,18,19). The van der Waals surface area contributed by atoms with Gasteiger partial charge in [-0.05, 0) is 43.2 Å². The van der Waals surface area contributed by atoms with Crippen molar-refractivity contribution >= 4 is 5.97 Å². The van der Waals surface area contributed by atoms with Crippen molar-refractivity contribution in [3.8, 4) is 0 Å². The lowest BCUT2D eigenvalue weighted by atomic mass is 9.99. The minimum atomic E-state index is -0.800. The first-order chi connectivity index (χ1) is 9.54. The summed E-state index contributed by atoms with van der Waals surface area (Å²) >= 11 is 0. The Hall–Kier alpha value is -1.39. The van der Waals surface area contributed by atoms with Crippen molar-refractivity contribution in [2.45, 2.75) is 50.2 Å². The Balaban J connectivity index is 1.84. The molecule has 1 unspecified atom stereocenters. The molecule has 20 heavy (non-hydrogen) atoms. The third-order valence-corrected chi connectivity index (χ3v) is 4.19. The van der Waals surface area contributed by atoms with Crippen LogP contribution < -0.4 is 5.73 Å². The first kappa shape index (κ1) is 15.0. The van der Waals surface area contributed by atoms with Gasteiger partial charge in [0.25, 0.3) is 0 Å². The van der Waals surface area contributed by atoms with Crippen LogP contribution >= 0.6 is 0 Å². The Morgan fingerprint density at radius 1 is 1.40 bits per heavy atom. The summed E-state index contributed by atoms with van der Waals surface area (Å²) in [5, 5.41) is 8.66. The maximum absolute atomic E-state index is 10.5. The molecule has 110 valence electrons. The van der Waals surface area contributed by atoms with Crippen LogP contribution in [-0.4, -0.2) is 23.8 Å². The van der Waals surface area contributed by atoms with Crippen LogP contribution in [0, 0.1) is 0 Å². The highest BCUT2D eigenvalue weighted by Gasteiger charge is 2.42. The van der Waals surface area contributed by atoms with Crippen molar-refractivity contribution < 1.29 is 14.6 Å². The fraction of sp³-hybridized carbons (Fsp3) is 0.562. The third-order valence-electron chi connectivity index (χ3n) is 4.19. The number of hydrogen-bond acceptors (Lipinski definition) is 3. The van der Waals surface area contributed by atoms with E-state index in [0.29, 0.717) is 6.42 Å². The zero-order valence-electron chi connectivity index (χ0n) is 12.0. The molecule has 2 rings (SSSR count). The smallest absolute Gasteiger partial charge is 0.303 e. The molecule has 1 aromatic carbocycles. The third kappa shape index (κ3) is 4.05. The molecule has 4 nitrogen and oxygen atoms in total. The Kier molecular flexibility index (Phi) is 4.78. The number of carboxylic acid groups (broad SMARTS) is 1. The molecular formula is C16H23NO3. The van der Waals surface area contributed by atoms with E-state index in [1.54, 1.807) is 7.11 Å². The number of carbonyl (C=O) groups is 1. The number of hydrogen-bond donors (Lipinski definition) is 2. The van der Waals surface area contributed by atoms with Gasteiger partial charge in [-0.2, -0.15) is 0 Å². The van der Waals surface area contributed by atoms with Gasteiger partial charge in [-0.15, -0.1) is 0 Å². The van der Waals surface area contributed by atoms with E-state index in [1.165, 1.54) is 18.4 Å². The second-order valence-corrected chi connectivity index (χ2v) is 5.67. The molecule has 1 aromatic rings. The van der Waals surface area contributed by atoms with Crippen LogP contribution in [-0.2, 0) is 16.0 Å². The lowest BCUT2D eigenvalue weighted by molar-refractivity contribution is -0.137. The van der Waals surface area contributed by atoms with Gasteiger partial charge in [0.15, 0.2) is 0 Å². The summed E-state index contributed by atoms with van der Waals surface area (Å²) in [6, 6.07) is 7.99. The molecule has 0 saturated heterocycles. The van der Waals surface area contributed by atoms with Gasteiger partial charge < -0.3 is 15.6 Å². The lowest BCUT2D eigenvalue weighted by Crippen LogP contribution is -2.13. The topological polar surface area (TPSA) is 72.5 Å². The summed E-state index contributed by atoms with van der Waals surface area (Å²) in [6.45, 7) is 0. The molecule has 1 aliphatic carbocycles. The summed E-state index contributed by atoms with van der Waals surface area (Å²) in [5.74, 6) is -0.800. The van der Waals surface area contributed by atoms with E-state index in [2.05, 4.69) is 12.1 Å². The molecule has 0 heterocycles. The Morgan fingerprint density at radius 3 is 2.55 bits per heavy atom. The monoisotopic (exact) mass is 277 g/mol. The summed E-state index contributed by atoms with van der Waals surface area (Å²) in [5.41, 5.74) is 8.40. The SMILES string of the molecule is COC1(CCc2ccc(C(N)CCC(=O)O)cc2)CC1. The molecule has 1 aliphatic rings. The number of aliphatic carboxylic acids is 1. The van der Waals surface area contributed by atoms with E-state index in [9.17, 15) is 4.79 Å². The van der Waals surface area contributed by atoms with Crippen LogP contribution in [0.1, 0.15) is 49.3 Å². The van der Waals surface area contributed by atoms with E-state index in [1.807, 2.05) is 12.1 Å². The molecule has 0 amide bonds. The van der Waals surface area contributed by atoms with Crippen LogP contribution in [0.2, 0.25) is 0 Å². The molecule has 1 atom stereocenters. The van der Waals surface area contributed by atoms with Crippen LogP contribution in [0.25, 0.3) is 0 Å². The molecule has 0 spiro atoms. The molecular weight excluding hydrogens is 254 g/mol. The number of carboxylic acids is 1. The molecule has 1 fully saturated rings. The second kappa shape index (κ2) is 6.37. The maximum atomic E-state index is 10.5. The molecule has 0 aromatic heterocycles. The number of methoxy groups -OCH3 is 1. The predicted molar refractivity (Wildman–Crippen MR) is 77.5 cm³/mol. The van der Waals surface area contributed by atoms with Gasteiger partial charge in [0.1, 0.15) is 0 Å². The van der Waals surface area contributed by atoms with Gasteiger partial charge in [0.2, 0.25) is 0 Å². The van der Waals surface area contributed by atoms with Gasteiger partial charge in [-0.1, -0.05) is 24.3 Å². The molecule has 0 bridgehead atoms. The van der Waals surface area contributed by atoms with Crippen molar-refractivity contribution in [3.05, 3.63) is 35.4 Å². The van der Waals surface area contributed by atoms with E-state index in [-0.39, 0.29) is 18.1 Å². The highest BCUT2D eigenvalue weighted by Crippen LogP contribution is 2.42. The largest absolute Gasteiger partial charge is 0.481 e. The number of aryl methyl sites for hydroxylation is 1. The minimum Gasteiger partial charge on any atom is -0.481 e. The van der Waals surface area contributed by atoms with Gasteiger partial charge >= 0.3 is 5.97 Å². The Bertz CT molecular complexity index is 451. The number of nitrogens with two attached hydrogens (primary N) is 1. The maximum Gasteiger partial charge on any atom is 0.303 e. The number of benzene rings is 1. The molecule has 3 N–H and O–H groups in total. The van der Waals surface area contributed by atoms with Crippen LogP contribution in [0.15, 0.2) is 24.3 Å². The summed E-state index contributed by atoms with van der Waals surface area (Å²) < 4.78 is 5.51. The summed E-state index contributed by atoms with van der Waals surface area (Å²) in [6.07, 6.45) is 5.00. The van der Waals surface area contributed by atoms with Crippen LogP contribution in [0.3, 0.4) is 0 Å². The first-order valence-corrected chi connectivity index (χ1v) is 7.16. The fourth-order valence-electron chi connectivity index (χ4n) is 2.44. The van der Waals surface area contributed by atoms with Crippen molar-refractivity contribution in [2.75, 3.05) is 7.11 Å². The van der Waals surface area contributed by atoms with Gasteiger partial charge in [0.05, 0.1) is 5.60 Å². The van der Waals surface area contributed by atoms with E-state index in [4.69, 9.17) is 15.6 Å². The predicted octanol–water partition coefficient (Wildman–Crippen LogP) is 2.66.